The Morgan fingerprint density at radius 2 is 1.68 bits per heavy atom. The van der Waals surface area contributed by atoms with Crippen molar-refractivity contribution in [2.24, 2.45) is 4.99 Å². The number of carbonyl (C=O) groups is 1. The Kier molecular flexibility index (Phi) is 6.39. The summed E-state index contributed by atoms with van der Waals surface area (Å²) in [4.78, 5) is 23.8. The summed E-state index contributed by atoms with van der Waals surface area (Å²) >= 11 is 3.17. The summed E-state index contributed by atoms with van der Waals surface area (Å²) in [6.45, 7) is 5.56. The van der Waals surface area contributed by atoms with Crippen molar-refractivity contribution in [1.29, 1.82) is 0 Å². The molecular formula is C27H25N3O2S2. The average molecular weight is 488 g/mol. The topological polar surface area (TPSA) is 45.1 Å². The van der Waals surface area contributed by atoms with E-state index < -0.39 is 0 Å². The number of thioether (sulfide) groups is 2. The van der Waals surface area contributed by atoms with Crippen LogP contribution in [0.1, 0.15) is 13.8 Å². The van der Waals surface area contributed by atoms with E-state index in [9.17, 15) is 4.79 Å². The van der Waals surface area contributed by atoms with Crippen LogP contribution in [0.25, 0.3) is 10.8 Å². The van der Waals surface area contributed by atoms with E-state index >= 15 is 0 Å². The molecule has 1 amide bonds. The smallest absolute Gasteiger partial charge is 0.266 e. The Balaban J connectivity index is 1.44. The number of likely N-dealkylation sites (N-methyl/N-ethyl adjacent to an activating group) is 1. The average Bonchev–Trinajstić information content (AvgIpc) is 3.39. The molecule has 34 heavy (non-hydrogen) atoms. The highest BCUT2D eigenvalue weighted by Crippen LogP contribution is 2.49. The van der Waals surface area contributed by atoms with Crippen molar-refractivity contribution < 1.29 is 9.53 Å². The number of allylic oxidation sites excluding steroid dienone is 2. The summed E-state index contributed by atoms with van der Waals surface area (Å²) in [5, 5.41) is 4.31. The van der Waals surface area contributed by atoms with E-state index in [0.29, 0.717) is 16.6 Å². The number of hydrogen-bond donors (Lipinski definition) is 0. The van der Waals surface area contributed by atoms with Gasteiger partial charge in [0.25, 0.3) is 5.91 Å². The molecular weight excluding hydrogens is 462 g/mol. The maximum Gasteiger partial charge on any atom is 0.266 e. The van der Waals surface area contributed by atoms with Gasteiger partial charge in [0.1, 0.15) is 5.75 Å². The number of nitrogens with zero attached hydrogens (tertiary/aromatic N) is 3. The van der Waals surface area contributed by atoms with Crippen molar-refractivity contribution >= 4 is 56.7 Å². The van der Waals surface area contributed by atoms with Gasteiger partial charge in [-0.3, -0.25) is 9.69 Å². The first kappa shape index (κ1) is 22.6. The SMILES string of the molecule is CCN1C(=O)C(=CC=C2Sc3ccc4ccccc4c3N2CC)SC1=Nc1ccc(OC)cc1. The molecule has 2 heterocycles. The van der Waals surface area contributed by atoms with Gasteiger partial charge in [-0.2, -0.15) is 0 Å². The molecule has 0 aromatic heterocycles. The molecule has 2 aliphatic heterocycles. The van der Waals surface area contributed by atoms with Crippen molar-refractivity contribution in [3.05, 3.63) is 82.7 Å². The van der Waals surface area contributed by atoms with Gasteiger partial charge in [-0.1, -0.05) is 42.1 Å². The van der Waals surface area contributed by atoms with E-state index in [1.807, 2.05) is 37.3 Å². The second kappa shape index (κ2) is 9.60. The number of carbonyl (C=O) groups excluding carboxylic acids is 1. The fraction of sp³-hybridized carbons (Fsp3) is 0.185. The fourth-order valence-electron chi connectivity index (χ4n) is 4.11. The summed E-state index contributed by atoms with van der Waals surface area (Å²) < 4.78 is 5.22. The molecule has 0 atom stereocenters. The summed E-state index contributed by atoms with van der Waals surface area (Å²) in [5.41, 5.74) is 2.04. The standard InChI is InChI=1S/C27H25N3O2S2/c1-4-29-24(33-22-15-10-18-8-6-7-9-21(18)25(22)29)17-16-23-26(31)30(5-2)27(34-23)28-19-11-13-20(32-3)14-12-19/h6-17H,4-5H2,1-3H3. The van der Waals surface area contributed by atoms with Crippen LogP contribution in [0.5, 0.6) is 5.75 Å². The zero-order valence-electron chi connectivity index (χ0n) is 19.3. The number of aliphatic imine (C=N–C) groups is 1. The molecule has 5 nitrogen and oxygen atoms in total. The van der Waals surface area contributed by atoms with Gasteiger partial charge in [0.05, 0.1) is 28.4 Å². The van der Waals surface area contributed by atoms with Crippen LogP contribution in [-0.2, 0) is 4.79 Å². The lowest BCUT2D eigenvalue weighted by molar-refractivity contribution is -0.122. The van der Waals surface area contributed by atoms with Crippen LogP contribution in [0.4, 0.5) is 11.4 Å². The predicted molar refractivity (Wildman–Crippen MR) is 144 cm³/mol. The Morgan fingerprint density at radius 3 is 2.41 bits per heavy atom. The largest absolute Gasteiger partial charge is 0.497 e. The summed E-state index contributed by atoms with van der Waals surface area (Å²) in [6, 6.07) is 20.4. The van der Waals surface area contributed by atoms with E-state index in [1.165, 1.54) is 33.1 Å². The van der Waals surface area contributed by atoms with E-state index in [2.05, 4.69) is 54.3 Å². The van der Waals surface area contributed by atoms with Crippen molar-refractivity contribution in [2.45, 2.75) is 18.7 Å². The number of amidine groups is 1. The van der Waals surface area contributed by atoms with Crippen molar-refractivity contribution in [2.75, 3.05) is 25.1 Å². The predicted octanol–water partition coefficient (Wildman–Crippen LogP) is 6.79. The molecule has 1 saturated heterocycles. The van der Waals surface area contributed by atoms with Gasteiger partial charge >= 0.3 is 0 Å². The van der Waals surface area contributed by atoms with Crippen molar-refractivity contribution in [1.82, 2.24) is 4.90 Å². The fourth-order valence-corrected chi connectivity index (χ4v) is 6.26. The van der Waals surface area contributed by atoms with Crippen LogP contribution in [0.15, 0.2) is 92.6 Å². The van der Waals surface area contributed by atoms with Crippen LogP contribution < -0.4 is 9.64 Å². The molecule has 3 aromatic rings. The quantitative estimate of drug-likeness (QED) is 0.371. The molecule has 0 saturated carbocycles. The highest BCUT2D eigenvalue weighted by molar-refractivity contribution is 8.18. The molecule has 7 heteroatoms. The monoisotopic (exact) mass is 487 g/mol. The molecule has 5 rings (SSSR count). The number of ether oxygens (including phenoxy) is 1. The van der Waals surface area contributed by atoms with Gasteiger partial charge in [-0.15, -0.1) is 0 Å². The van der Waals surface area contributed by atoms with Gasteiger partial charge < -0.3 is 9.64 Å². The number of amides is 1. The first-order valence-corrected chi connectivity index (χ1v) is 12.9. The molecule has 3 aromatic carbocycles. The van der Waals surface area contributed by atoms with Gasteiger partial charge in [0, 0.05) is 23.4 Å². The minimum atomic E-state index is -0.00868. The Morgan fingerprint density at radius 1 is 0.912 bits per heavy atom. The highest BCUT2D eigenvalue weighted by Gasteiger charge is 2.32. The summed E-state index contributed by atoms with van der Waals surface area (Å²) in [5.74, 6) is 0.771. The normalized spacial score (nSPS) is 19.1. The Bertz CT molecular complexity index is 1350. The molecule has 0 unspecified atom stereocenters. The minimum Gasteiger partial charge on any atom is -0.497 e. The Hall–Kier alpha value is -3.16. The first-order valence-electron chi connectivity index (χ1n) is 11.2. The molecule has 0 N–H and O–H groups in total. The van der Waals surface area contributed by atoms with E-state index in [-0.39, 0.29) is 5.91 Å². The zero-order valence-corrected chi connectivity index (χ0v) is 21.0. The number of fused-ring (bicyclic) bond motifs is 3. The van der Waals surface area contributed by atoms with E-state index in [0.717, 1.165) is 23.0 Å². The van der Waals surface area contributed by atoms with Crippen LogP contribution in [0.3, 0.4) is 0 Å². The molecule has 0 aliphatic carbocycles. The maximum absolute atomic E-state index is 13.1. The van der Waals surface area contributed by atoms with Crippen molar-refractivity contribution in [3.8, 4) is 5.75 Å². The molecule has 1 fully saturated rings. The van der Waals surface area contributed by atoms with Gasteiger partial charge in [0.2, 0.25) is 0 Å². The third-order valence-electron chi connectivity index (χ3n) is 5.81. The maximum atomic E-state index is 13.1. The molecule has 0 bridgehead atoms. The number of benzene rings is 3. The van der Waals surface area contributed by atoms with E-state index in [1.54, 1.807) is 23.8 Å². The van der Waals surface area contributed by atoms with Crippen LogP contribution >= 0.6 is 23.5 Å². The second-order valence-corrected chi connectivity index (χ2v) is 9.83. The van der Waals surface area contributed by atoms with Crippen LogP contribution in [0.2, 0.25) is 0 Å². The molecule has 2 aliphatic rings. The number of methoxy groups -OCH3 is 1. The first-order chi connectivity index (χ1) is 16.6. The third kappa shape index (κ3) is 4.10. The van der Waals surface area contributed by atoms with Gasteiger partial charge in [-0.25, -0.2) is 4.99 Å². The summed E-state index contributed by atoms with van der Waals surface area (Å²) in [6.07, 6.45) is 4.00. The Labute approximate surface area is 208 Å². The van der Waals surface area contributed by atoms with E-state index in [4.69, 9.17) is 9.73 Å². The molecule has 172 valence electrons. The lowest BCUT2D eigenvalue weighted by atomic mass is 10.1. The van der Waals surface area contributed by atoms with Crippen LogP contribution in [-0.4, -0.2) is 36.2 Å². The van der Waals surface area contributed by atoms with Crippen LogP contribution in [0, 0.1) is 0 Å². The lowest BCUT2D eigenvalue weighted by Crippen LogP contribution is -2.28. The zero-order chi connectivity index (χ0) is 23.7. The summed E-state index contributed by atoms with van der Waals surface area (Å²) in [7, 11) is 1.64. The second-order valence-electron chi connectivity index (χ2n) is 7.76. The van der Waals surface area contributed by atoms with Crippen molar-refractivity contribution in [3.63, 3.8) is 0 Å². The highest BCUT2D eigenvalue weighted by atomic mass is 32.2. The van der Waals surface area contributed by atoms with Gasteiger partial charge in [0.15, 0.2) is 5.17 Å². The number of rotatable bonds is 5. The molecule has 0 radical (unpaired) electrons. The van der Waals surface area contributed by atoms with Gasteiger partial charge in [-0.05, 0) is 73.5 Å². The lowest BCUT2D eigenvalue weighted by Gasteiger charge is -2.19. The third-order valence-corrected chi connectivity index (χ3v) is 7.95. The number of anilines is 1. The molecule has 0 spiro atoms. The minimum absolute atomic E-state index is 0.00868. The number of hydrogen-bond acceptors (Lipinski definition) is 6.